The molecule has 0 aliphatic heterocycles. The van der Waals surface area contributed by atoms with E-state index in [0.29, 0.717) is 20.9 Å². The van der Waals surface area contributed by atoms with Crippen molar-refractivity contribution in [3.63, 3.8) is 0 Å². The Morgan fingerprint density at radius 3 is 2.44 bits per heavy atom. The van der Waals surface area contributed by atoms with E-state index in [0.717, 1.165) is 0 Å². The van der Waals surface area contributed by atoms with Crippen LogP contribution in [0.4, 0.5) is 11.4 Å². The van der Waals surface area contributed by atoms with Gasteiger partial charge in [0.05, 0.1) is 22.2 Å². The molecule has 0 heterocycles. The molecule has 0 saturated heterocycles. The molecule has 0 fully saturated rings. The minimum Gasteiger partial charge on any atom is -0.326 e. The fourth-order valence-electron chi connectivity index (χ4n) is 2.14. The SMILES string of the molecule is C=CCN(c1ccc(Br)c(Cl)c1)S(=O)(=O)c1ccc(NC(C)=O)cc1. The molecule has 1 N–H and O–H groups in total. The smallest absolute Gasteiger partial charge is 0.264 e. The molecule has 0 aliphatic rings. The normalized spacial score (nSPS) is 11.0. The number of rotatable bonds is 6. The third-order valence-electron chi connectivity index (χ3n) is 3.25. The fraction of sp³-hybridized carbons (Fsp3) is 0.118. The molecule has 2 rings (SSSR count). The van der Waals surface area contributed by atoms with Crippen LogP contribution in [0.2, 0.25) is 5.02 Å². The van der Waals surface area contributed by atoms with E-state index in [1.165, 1.54) is 41.6 Å². The van der Waals surface area contributed by atoms with E-state index in [2.05, 4.69) is 27.8 Å². The molecule has 2 aromatic carbocycles. The molecule has 0 unspecified atom stereocenters. The van der Waals surface area contributed by atoms with E-state index >= 15 is 0 Å². The first kappa shape index (κ1) is 19.5. The standard InChI is InChI=1S/C17H16BrClN2O3S/c1-3-10-21(14-6-9-16(18)17(19)11-14)25(23,24)15-7-4-13(5-8-15)20-12(2)22/h3-9,11H,1,10H2,2H3,(H,20,22). The van der Waals surface area contributed by atoms with Crippen molar-refractivity contribution in [2.24, 2.45) is 0 Å². The summed E-state index contributed by atoms with van der Waals surface area (Å²) in [6.07, 6.45) is 1.50. The second kappa shape index (κ2) is 8.03. The zero-order valence-electron chi connectivity index (χ0n) is 13.4. The van der Waals surface area contributed by atoms with Gasteiger partial charge >= 0.3 is 0 Å². The van der Waals surface area contributed by atoms with Crippen molar-refractivity contribution in [3.05, 3.63) is 64.6 Å². The summed E-state index contributed by atoms with van der Waals surface area (Å²) in [5, 5.41) is 3.00. The lowest BCUT2D eigenvalue weighted by atomic mass is 10.3. The van der Waals surface area contributed by atoms with Gasteiger partial charge in [0.25, 0.3) is 10.0 Å². The zero-order valence-corrected chi connectivity index (χ0v) is 16.5. The lowest BCUT2D eigenvalue weighted by Crippen LogP contribution is -2.31. The molecule has 2 aromatic rings. The maximum absolute atomic E-state index is 13.0. The number of carbonyl (C=O) groups excluding carboxylic acids is 1. The van der Waals surface area contributed by atoms with Crippen LogP contribution in [0.1, 0.15) is 6.92 Å². The molecule has 25 heavy (non-hydrogen) atoms. The van der Waals surface area contributed by atoms with E-state index in [1.807, 2.05) is 0 Å². The lowest BCUT2D eigenvalue weighted by Gasteiger charge is -2.23. The number of sulfonamides is 1. The third-order valence-corrected chi connectivity index (χ3v) is 6.29. The average molecular weight is 444 g/mol. The number of carbonyl (C=O) groups is 1. The zero-order chi connectivity index (χ0) is 18.6. The number of nitrogens with one attached hydrogen (secondary N) is 1. The van der Waals surface area contributed by atoms with Crippen molar-refractivity contribution < 1.29 is 13.2 Å². The van der Waals surface area contributed by atoms with Crippen LogP contribution in [0.3, 0.4) is 0 Å². The molecule has 0 bridgehead atoms. The highest BCUT2D eigenvalue weighted by atomic mass is 79.9. The number of benzene rings is 2. The number of hydrogen-bond acceptors (Lipinski definition) is 3. The van der Waals surface area contributed by atoms with Crippen LogP contribution in [0.25, 0.3) is 0 Å². The van der Waals surface area contributed by atoms with E-state index < -0.39 is 10.0 Å². The van der Waals surface area contributed by atoms with Gasteiger partial charge in [-0.25, -0.2) is 8.42 Å². The van der Waals surface area contributed by atoms with E-state index in [9.17, 15) is 13.2 Å². The van der Waals surface area contributed by atoms with Crippen molar-refractivity contribution in [1.82, 2.24) is 0 Å². The first-order valence-electron chi connectivity index (χ1n) is 7.22. The Kier molecular flexibility index (Phi) is 6.26. The van der Waals surface area contributed by atoms with Crippen LogP contribution in [-0.4, -0.2) is 20.9 Å². The molecule has 0 radical (unpaired) electrons. The van der Waals surface area contributed by atoms with Crippen LogP contribution in [0.5, 0.6) is 0 Å². The molecule has 5 nitrogen and oxygen atoms in total. The topological polar surface area (TPSA) is 66.5 Å². The van der Waals surface area contributed by atoms with Crippen molar-refractivity contribution >= 4 is 54.8 Å². The van der Waals surface area contributed by atoms with Gasteiger partial charge in [0.15, 0.2) is 0 Å². The van der Waals surface area contributed by atoms with Crippen molar-refractivity contribution in [2.45, 2.75) is 11.8 Å². The van der Waals surface area contributed by atoms with Crippen molar-refractivity contribution in [1.29, 1.82) is 0 Å². The maximum Gasteiger partial charge on any atom is 0.264 e. The molecular weight excluding hydrogens is 428 g/mol. The summed E-state index contributed by atoms with van der Waals surface area (Å²) in [6, 6.07) is 10.9. The van der Waals surface area contributed by atoms with Crippen molar-refractivity contribution in [2.75, 3.05) is 16.2 Å². The summed E-state index contributed by atoms with van der Waals surface area (Å²) in [7, 11) is -3.82. The molecule has 0 saturated carbocycles. The summed E-state index contributed by atoms with van der Waals surface area (Å²) in [5.41, 5.74) is 0.951. The fourth-order valence-corrected chi connectivity index (χ4v) is 3.99. The monoisotopic (exact) mass is 442 g/mol. The van der Waals surface area contributed by atoms with Crippen LogP contribution >= 0.6 is 27.5 Å². The number of hydrogen-bond donors (Lipinski definition) is 1. The summed E-state index contributed by atoms with van der Waals surface area (Å²) in [6.45, 7) is 5.10. The van der Waals surface area contributed by atoms with Gasteiger partial charge in [-0.3, -0.25) is 9.10 Å². The summed E-state index contributed by atoms with van der Waals surface area (Å²) < 4.78 is 27.9. The molecule has 0 aliphatic carbocycles. The highest BCUT2D eigenvalue weighted by Crippen LogP contribution is 2.31. The van der Waals surface area contributed by atoms with E-state index in [-0.39, 0.29) is 17.3 Å². The Labute approximate surface area is 160 Å². The van der Waals surface area contributed by atoms with Crippen LogP contribution in [0.15, 0.2) is 64.5 Å². The summed E-state index contributed by atoms with van der Waals surface area (Å²) in [5.74, 6) is -0.228. The highest BCUT2D eigenvalue weighted by molar-refractivity contribution is 9.10. The van der Waals surface area contributed by atoms with Gasteiger partial charge in [0, 0.05) is 17.1 Å². The van der Waals surface area contributed by atoms with E-state index in [4.69, 9.17) is 11.6 Å². The third kappa shape index (κ3) is 4.62. The van der Waals surface area contributed by atoms with Gasteiger partial charge in [-0.15, -0.1) is 6.58 Å². The van der Waals surface area contributed by atoms with Gasteiger partial charge in [-0.1, -0.05) is 17.7 Å². The van der Waals surface area contributed by atoms with Crippen LogP contribution < -0.4 is 9.62 Å². The average Bonchev–Trinajstić information content (AvgIpc) is 2.55. The molecular formula is C17H16BrClN2O3S. The predicted octanol–water partition coefficient (Wildman–Crippen LogP) is 4.44. The van der Waals surface area contributed by atoms with Gasteiger partial charge < -0.3 is 5.32 Å². The summed E-state index contributed by atoms with van der Waals surface area (Å²) >= 11 is 9.37. The van der Waals surface area contributed by atoms with Gasteiger partial charge in [-0.05, 0) is 58.4 Å². The quantitative estimate of drug-likeness (QED) is 0.671. The Morgan fingerprint density at radius 1 is 1.28 bits per heavy atom. The van der Waals surface area contributed by atoms with Crippen LogP contribution in [0, 0.1) is 0 Å². The minimum atomic E-state index is -3.82. The Morgan fingerprint density at radius 2 is 1.92 bits per heavy atom. The Bertz CT molecular complexity index is 899. The van der Waals surface area contributed by atoms with Gasteiger partial charge in [0.2, 0.25) is 5.91 Å². The van der Waals surface area contributed by atoms with Crippen molar-refractivity contribution in [3.8, 4) is 0 Å². The number of nitrogens with zero attached hydrogens (tertiary/aromatic N) is 1. The Balaban J connectivity index is 2.43. The largest absolute Gasteiger partial charge is 0.326 e. The van der Waals surface area contributed by atoms with Gasteiger partial charge in [-0.2, -0.15) is 0 Å². The molecule has 1 amide bonds. The number of anilines is 2. The second-order valence-electron chi connectivity index (χ2n) is 5.13. The first-order chi connectivity index (χ1) is 11.8. The highest BCUT2D eigenvalue weighted by Gasteiger charge is 2.24. The number of amides is 1. The lowest BCUT2D eigenvalue weighted by molar-refractivity contribution is -0.114. The molecule has 0 atom stereocenters. The van der Waals surface area contributed by atoms with E-state index in [1.54, 1.807) is 18.2 Å². The van der Waals surface area contributed by atoms with Gasteiger partial charge in [0.1, 0.15) is 0 Å². The second-order valence-corrected chi connectivity index (χ2v) is 8.25. The Hall–Kier alpha value is -1.83. The molecule has 0 spiro atoms. The predicted molar refractivity (Wildman–Crippen MR) is 105 cm³/mol. The molecule has 132 valence electrons. The first-order valence-corrected chi connectivity index (χ1v) is 9.83. The maximum atomic E-state index is 13.0. The molecule has 0 aromatic heterocycles. The minimum absolute atomic E-state index is 0.0910. The van der Waals surface area contributed by atoms with Crippen LogP contribution in [-0.2, 0) is 14.8 Å². The number of halogens is 2. The summed E-state index contributed by atoms with van der Waals surface area (Å²) in [4.78, 5) is 11.2. The molecule has 8 heteroatoms.